The molecule has 0 bridgehead atoms. The molecule has 0 unspecified atom stereocenters. The van der Waals surface area contributed by atoms with Gasteiger partial charge in [-0.25, -0.2) is 4.39 Å². The molecule has 2 amide bonds. The predicted octanol–water partition coefficient (Wildman–Crippen LogP) is 4.30. The number of amides is 2. The number of benzene rings is 3. The SMILES string of the molecule is C[C@H]1Oc2ccc(NC(=O)c3ccc([N+](=O)[O-])cc3)cc2CN(Cc2ccccc2F)C1=O. The number of ether oxygens (including phenoxy) is 1. The molecular weight excluding hydrogens is 429 g/mol. The standard InChI is InChI=1S/C24H20FN3O5/c1-15-24(30)27(13-17-4-2-3-5-21(17)25)14-18-12-19(8-11-22(18)33-15)26-23(29)16-6-9-20(10-7-16)28(31)32/h2-12,15H,13-14H2,1H3,(H,26,29)/t15-/m1/s1. The zero-order chi connectivity index (χ0) is 23.5. The molecule has 1 aliphatic heterocycles. The van der Waals surface area contributed by atoms with E-state index in [0.29, 0.717) is 22.6 Å². The molecule has 168 valence electrons. The zero-order valence-electron chi connectivity index (χ0n) is 17.7. The average molecular weight is 449 g/mol. The van der Waals surface area contributed by atoms with Gasteiger partial charge in [-0.2, -0.15) is 0 Å². The van der Waals surface area contributed by atoms with Crippen LogP contribution in [0.1, 0.15) is 28.4 Å². The van der Waals surface area contributed by atoms with Crippen molar-refractivity contribution in [1.82, 2.24) is 4.90 Å². The third-order valence-electron chi connectivity index (χ3n) is 5.30. The first kappa shape index (κ1) is 21.9. The lowest BCUT2D eigenvalue weighted by Gasteiger charge is -2.22. The van der Waals surface area contributed by atoms with Crippen LogP contribution in [0.2, 0.25) is 0 Å². The largest absolute Gasteiger partial charge is 0.481 e. The van der Waals surface area contributed by atoms with Gasteiger partial charge in [-0.1, -0.05) is 18.2 Å². The minimum Gasteiger partial charge on any atom is -0.481 e. The van der Waals surface area contributed by atoms with Crippen LogP contribution in [0.25, 0.3) is 0 Å². The van der Waals surface area contributed by atoms with Crippen LogP contribution in [0, 0.1) is 15.9 Å². The Bertz CT molecular complexity index is 1230. The van der Waals surface area contributed by atoms with Crippen LogP contribution in [-0.4, -0.2) is 27.7 Å². The monoisotopic (exact) mass is 449 g/mol. The van der Waals surface area contributed by atoms with Crippen molar-refractivity contribution in [3.8, 4) is 5.75 Å². The summed E-state index contributed by atoms with van der Waals surface area (Å²) in [7, 11) is 0. The third-order valence-corrected chi connectivity index (χ3v) is 5.30. The first-order valence-electron chi connectivity index (χ1n) is 10.2. The first-order valence-corrected chi connectivity index (χ1v) is 10.2. The molecule has 0 radical (unpaired) electrons. The number of nitro groups is 1. The van der Waals surface area contributed by atoms with E-state index in [2.05, 4.69) is 5.32 Å². The molecule has 1 aliphatic rings. The molecule has 0 saturated carbocycles. The number of carbonyl (C=O) groups is 2. The molecule has 8 nitrogen and oxygen atoms in total. The highest BCUT2D eigenvalue weighted by Crippen LogP contribution is 2.30. The van der Waals surface area contributed by atoms with Crippen LogP contribution in [-0.2, 0) is 17.9 Å². The quantitative estimate of drug-likeness (QED) is 0.462. The summed E-state index contributed by atoms with van der Waals surface area (Å²) in [4.78, 5) is 37.1. The molecule has 9 heteroatoms. The fourth-order valence-electron chi connectivity index (χ4n) is 3.58. The van der Waals surface area contributed by atoms with Gasteiger partial charge in [0.05, 0.1) is 4.92 Å². The Morgan fingerprint density at radius 2 is 1.91 bits per heavy atom. The van der Waals surface area contributed by atoms with Crippen LogP contribution in [0.3, 0.4) is 0 Å². The summed E-state index contributed by atoms with van der Waals surface area (Å²) in [6, 6.07) is 16.5. The Morgan fingerprint density at radius 3 is 2.61 bits per heavy atom. The maximum Gasteiger partial charge on any atom is 0.269 e. The zero-order valence-corrected chi connectivity index (χ0v) is 17.7. The van der Waals surface area contributed by atoms with Gasteiger partial charge in [-0.3, -0.25) is 19.7 Å². The van der Waals surface area contributed by atoms with Gasteiger partial charge in [-0.15, -0.1) is 0 Å². The number of nitrogens with zero attached hydrogens (tertiary/aromatic N) is 2. The molecule has 0 saturated heterocycles. The molecule has 0 aromatic heterocycles. The first-order chi connectivity index (χ1) is 15.8. The summed E-state index contributed by atoms with van der Waals surface area (Å²) in [5.41, 5.74) is 1.67. The van der Waals surface area contributed by atoms with Crippen LogP contribution in [0.5, 0.6) is 5.75 Å². The van der Waals surface area contributed by atoms with E-state index in [1.807, 2.05) is 0 Å². The fraction of sp³-hybridized carbons (Fsp3) is 0.167. The highest BCUT2D eigenvalue weighted by molar-refractivity contribution is 6.04. The second kappa shape index (κ2) is 9.07. The van der Waals surface area contributed by atoms with Crippen molar-refractivity contribution < 1.29 is 23.6 Å². The van der Waals surface area contributed by atoms with Gasteiger partial charge in [0.1, 0.15) is 11.6 Å². The molecule has 1 heterocycles. The maximum absolute atomic E-state index is 14.2. The van der Waals surface area contributed by atoms with E-state index in [1.165, 1.54) is 35.2 Å². The number of non-ortho nitro benzene ring substituents is 1. The summed E-state index contributed by atoms with van der Waals surface area (Å²) >= 11 is 0. The summed E-state index contributed by atoms with van der Waals surface area (Å²) < 4.78 is 19.9. The van der Waals surface area contributed by atoms with Gasteiger partial charge in [0.25, 0.3) is 17.5 Å². The van der Waals surface area contributed by atoms with Crippen molar-refractivity contribution in [2.45, 2.75) is 26.1 Å². The predicted molar refractivity (Wildman–Crippen MR) is 118 cm³/mol. The minimum absolute atomic E-state index is 0.0814. The molecule has 0 fully saturated rings. The van der Waals surface area contributed by atoms with Crippen molar-refractivity contribution >= 4 is 23.2 Å². The lowest BCUT2D eigenvalue weighted by Crippen LogP contribution is -2.37. The molecule has 3 aromatic rings. The number of rotatable bonds is 5. The Labute approximate surface area is 188 Å². The topological polar surface area (TPSA) is 102 Å². The number of hydrogen-bond acceptors (Lipinski definition) is 5. The Morgan fingerprint density at radius 1 is 1.18 bits per heavy atom. The normalized spacial score (nSPS) is 15.3. The highest BCUT2D eigenvalue weighted by Gasteiger charge is 2.28. The molecule has 0 aliphatic carbocycles. The smallest absolute Gasteiger partial charge is 0.269 e. The van der Waals surface area contributed by atoms with E-state index >= 15 is 0 Å². The van der Waals surface area contributed by atoms with Crippen molar-refractivity contribution in [3.63, 3.8) is 0 Å². The number of hydrogen-bond donors (Lipinski definition) is 1. The lowest BCUT2D eigenvalue weighted by atomic mass is 10.1. The van der Waals surface area contributed by atoms with Crippen molar-refractivity contribution in [2.75, 3.05) is 5.32 Å². The number of nitro benzene ring substituents is 1. The average Bonchev–Trinajstić information content (AvgIpc) is 2.91. The van der Waals surface area contributed by atoms with E-state index in [4.69, 9.17) is 4.74 Å². The molecule has 0 spiro atoms. The molecule has 33 heavy (non-hydrogen) atoms. The summed E-state index contributed by atoms with van der Waals surface area (Å²) in [6.45, 7) is 1.89. The number of fused-ring (bicyclic) bond motifs is 1. The van der Waals surface area contributed by atoms with Gasteiger partial charge in [-0.05, 0) is 43.3 Å². The number of nitrogens with one attached hydrogen (secondary N) is 1. The van der Waals surface area contributed by atoms with Crippen LogP contribution < -0.4 is 10.1 Å². The summed E-state index contributed by atoms with van der Waals surface area (Å²) in [6.07, 6.45) is -0.751. The third kappa shape index (κ3) is 4.82. The van der Waals surface area contributed by atoms with Crippen molar-refractivity contribution in [2.24, 2.45) is 0 Å². The molecule has 1 atom stereocenters. The van der Waals surface area contributed by atoms with Gasteiger partial charge >= 0.3 is 0 Å². The van der Waals surface area contributed by atoms with Crippen molar-refractivity contribution in [3.05, 3.63) is 99.4 Å². The number of anilines is 1. The van der Waals surface area contributed by atoms with Gasteiger partial charge in [0, 0.05) is 47.6 Å². The Balaban J connectivity index is 1.55. The second-order valence-electron chi connectivity index (χ2n) is 7.63. The Hall–Kier alpha value is -4.27. The number of carbonyl (C=O) groups excluding carboxylic acids is 2. The van der Waals surface area contributed by atoms with Gasteiger partial charge in [0.2, 0.25) is 0 Å². The molecule has 3 aromatic carbocycles. The van der Waals surface area contributed by atoms with Crippen molar-refractivity contribution in [1.29, 1.82) is 0 Å². The molecular formula is C24H20FN3O5. The van der Waals surface area contributed by atoms with E-state index in [9.17, 15) is 24.1 Å². The van der Waals surface area contributed by atoms with E-state index < -0.39 is 22.8 Å². The number of halogens is 1. The van der Waals surface area contributed by atoms with Crippen LogP contribution >= 0.6 is 0 Å². The Kier molecular flexibility index (Phi) is 6.03. The van der Waals surface area contributed by atoms with Crippen LogP contribution in [0.15, 0.2) is 66.7 Å². The minimum atomic E-state index is -0.751. The highest BCUT2D eigenvalue weighted by atomic mass is 19.1. The second-order valence-corrected chi connectivity index (χ2v) is 7.63. The van der Waals surface area contributed by atoms with E-state index in [1.54, 1.807) is 43.3 Å². The van der Waals surface area contributed by atoms with E-state index in [0.717, 1.165) is 0 Å². The van der Waals surface area contributed by atoms with Gasteiger partial charge in [0.15, 0.2) is 6.10 Å². The van der Waals surface area contributed by atoms with E-state index in [-0.39, 0.29) is 30.2 Å². The lowest BCUT2D eigenvalue weighted by molar-refractivity contribution is -0.384. The summed E-state index contributed by atoms with van der Waals surface area (Å²) in [5, 5.41) is 13.5. The maximum atomic E-state index is 14.2. The molecule has 4 rings (SSSR count). The van der Waals surface area contributed by atoms with Crippen LogP contribution in [0.4, 0.5) is 15.8 Å². The van der Waals surface area contributed by atoms with Gasteiger partial charge < -0.3 is 15.0 Å². The molecule has 1 N–H and O–H groups in total. The fourth-order valence-corrected chi connectivity index (χ4v) is 3.58. The summed E-state index contributed by atoms with van der Waals surface area (Å²) in [5.74, 6) is -0.606.